The Bertz CT molecular complexity index is 481. The maximum atomic E-state index is 11.8. The fourth-order valence-electron chi connectivity index (χ4n) is 1.99. The van der Waals surface area contributed by atoms with E-state index in [2.05, 4.69) is 28.7 Å². The van der Waals surface area contributed by atoms with Gasteiger partial charge >= 0.3 is 0 Å². The summed E-state index contributed by atoms with van der Waals surface area (Å²) >= 11 is 0. The van der Waals surface area contributed by atoms with Gasteiger partial charge < -0.3 is 15.5 Å². The topological polar surface area (TPSA) is 44.4 Å². The zero-order chi connectivity index (χ0) is 13.7. The van der Waals surface area contributed by atoms with Crippen molar-refractivity contribution in [1.82, 2.24) is 15.5 Å². The largest absolute Gasteiger partial charge is 0.357 e. The number of carbonyl (C=O) groups excluding carboxylic acids is 1. The highest BCUT2D eigenvalue weighted by Gasteiger charge is 2.14. The molecular weight excluding hydrogens is 238 g/mol. The van der Waals surface area contributed by atoms with E-state index in [0.717, 1.165) is 31.0 Å². The molecule has 1 amide bonds. The normalized spacial score (nSPS) is 15.1. The fraction of sp³-hybridized carbons (Fsp3) is 0.267. The predicted molar refractivity (Wildman–Crippen MR) is 76.4 cm³/mol. The Hall–Kier alpha value is -2.23. The third kappa shape index (κ3) is 3.61. The Balaban J connectivity index is 1.76. The molecule has 1 aromatic carbocycles. The molecule has 2 rings (SSSR count). The van der Waals surface area contributed by atoms with Gasteiger partial charge in [0.2, 0.25) is 0 Å². The summed E-state index contributed by atoms with van der Waals surface area (Å²) in [4.78, 5) is 13.9. The summed E-state index contributed by atoms with van der Waals surface area (Å²) in [6.07, 6.45) is 0.908. The van der Waals surface area contributed by atoms with Gasteiger partial charge in [-0.25, -0.2) is 0 Å². The molecule has 0 saturated carbocycles. The van der Waals surface area contributed by atoms with E-state index in [9.17, 15) is 4.79 Å². The Morgan fingerprint density at radius 1 is 1.32 bits per heavy atom. The second-order valence-corrected chi connectivity index (χ2v) is 4.53. The highest BCUT2D eigenvalue weighted by Crippen LogP contribution is 2.11. The molecule has 1 fully saturated rings. The van der Waals surface area contributed by atoms with Crippen LogP contribution in [0.15, 0.2) is 55.0 Å². The molecule has 4 heteroatoms. The van der Waals surface area contributed by atoms with Crippen molar-refractivity contribution >= 4 is 5.91 Å². The number of carbonyl (C=O) groups is 1. The summed E-state index contributed by atoms with van der Waals surface area (Å²) < 4.78 is 0. The van der Waals surface area contributed by atoms with Crippen molar-refractivity contribution in [3.05, 3.63) is 60.6 Å². The Morgan fingerprint density at radius 2 is 2.05 bits per heavy atom. The lowest BCUT2D eigenvalue weighted by Gasteiger charge is -2.32. The minimum atomic E-state index is -0.0411. The van der Waals surface area contributed by atoms with Gasteiger partial charge in [-0.1, -0.05) is 31.4 Å². The molecule has 100 valence electrons. The van der Waals surface area contributed by atoms with Gasteiger partial charge in [-0.2, -0.15) is 0 Å². The first-order valence-corrected chi connectivity index (χ1v) is 6.39. The second kappa shape index (κ2) is 6.09. The smallest absolute Gasteiger partial charge is 0.251 e. The highest BCUT2D eigenvalue weighted by atomic mass is 16.1. The summed E-state index contributed by atoms with van der Waals surface area (Å²) in [7, 11) is 0. The van der Waals surface area contributed by atoms with Crippen LogP contribution in [0.4, 0.5) is 0 Å². The molecule has 1 aliphatic heterocycles. The van der Waals surface area contributed by atoms with Crippen molar-refractivity contribution in [2.24, 2.45) is 0 Å². The van der Waals surface area contributed by atoms with Gasteiger partial charge in [0, 0.05) is 37.3 Å². The van der Waals surface area contributed by atoms with Crippen LogP contribution in [0, 0.1) is 0 Å². The average molecular weight is 257 g/mol. The first kappa shape index (κ1) is 13.2. The number of amides is 1. The predicted octanol–water partition coefficient (Wildman–Crippen LogP) is 1.70. The molecule has 19 heavy (non-hydrogen) atoms. The van der Waals surface area contributed by atoms with Crippen LogP contribution < -0.4 is 10.6 Å². The molecule has 1 saturated heterocycles. The fourth-order valence-corrected chi connectivity index (χ4v) is 1.99. The van der Waals surface area contributed by atoms with Crippen molar-refractivity contribution in [3.8, 4) is 0 Å². The van der Waals surface area contributed by atoms with E-state index in [4.69, 9.17) is 0 Å². The van der Waals surface area contributed by atoms with Gasteiger partial charge in [0.15, 0.2) is 0 Å². The number of rotatable bonds is 4. The van der Waals surface area contributed by atoms with Gasteiger partial charge in [0.25, 0.3) is 5.91 Å². The minimum absolute atomic E-state index is 0.0411. The molecule has 4 nitrogen and oxygen atoms in total. The van der Waals surface area contributed by atoms with Gasteiger partial charge in [-0.3, -0.25) is 4.79 Å². The zero-order valence-electron chi connectivity index (χ0n) is 11.0. The summed E-state index contributed by atoms with van der Waals surface area (Å²) in [5.41, 5.74) is 1.68. The van der Waals surface area contributed by atoms with E-state index in [-0.39, 0.29) is 5.91 Å². The van der Waals surface area contributed by atoms with E-state index in [1.54, 1.807) is 12.1 Å². The first-order valence-electron chi connectivity index (χ1n) is 6.39. The lowest BCUT2D eigenvalue weighted by atomic mass is 10.2. The first-order chi connectivity index (χ1) is 9.16. The van der Waals surface area contributed by atoms with Crippen LogP contribution in [-0.4, -0.2) is 30.4 Å². The van der Waals surface area contributed by atoms with Crippen LogP contribution in [-0.2, 0) is 0 Å². The minimum Gasteiger partial charge on any atom is -0.357 e. The third-order valence-electron chi connectivity index (χ3n) is 3.09. The van der Waals surface area contributed by atoms with Crippen LogP contribution >= 0.6 is 0 Å². The summed E-state index contributed by atoms with van der Waals surface area (Å²) in [5, 5.41) is 6.03. The highest BCUT2D eigenvalue weighted by molar-refractivity contribution is 5.94. The van der Waals surface area contributed by atoms with Crippen molar-refractivity contribution < 1.29 is 4.79 Å². The Morgan fingerprint density at radius 3 is 2.74 bits per heavy atom. The van der Waals surface area contributed by atoms with Gasteiger partial charge in [-0.05, 0) is 12.1 Å². The molecule has 0 aromatic heterocycles. The maximum absolute atomic E-state index is 11.8. The molecule has 2 N–H and O–H groups in total. The summed E-state index contributed by atoms with van der Waals surface area (Å²) in [5.74, 6) is 0.811. The monoisotopic (exact) mass is 257 g/mol. The van der Waals surface area contributed by atoms with Gasteiger partial charge in [0.05, 0.1) is 5.82 Å². The van der Waals surface area contributed by atoms with Crippen LogP contribution in [0.5, 0.6) is 0 Å². The van der Waals surface area contributed by atoms with E-state index in [1.807, 2.05) is 18.2 Å². The average Bonchev–Trinajstić information content (AvgIpc) is 2.42. The van der Waals surface area contributed by atoms with Crippen LogP contribution in [0.3, 0.4) is 0 Å². The number of benzene rings is 1. The van der Waals surface area contributed by atoms with Crippen molar-refractivity contribution in [2.75, 3.05) is 19.6 Å². The SMILES string of the molecule is C=C1CCN(CCNC(=O)c2ccccc2)C(=C)N1. The molecule has 1 heterocycles. The van der Waals surface area contributed by atoms with Crippen molar-refractivity contribution in [1.29, 1.82) is 0 Å². The molecule has 0 spiro atoms. The van der Waals surface area contributed by atoms with Crippen molar-refractivity contribution in [3.63, 3.8) is 0 Å². The molecule has 1 aromatic rings. The second-order valence-electron chi connectivity index (χ2n) is 4.53. The molecule has 0 unspecified atom stereocenters. The lowest BCUT2D eigenvalue weighted by Crippen LogP contribution is -2.41. The Labute approximate surface area is 113 Å². The van der Waals surface area contributed by atoms with E-state index < -0.39 is 0 Å². The Kier molecular flexibility index (Phi) is 4.23. The van der Waals surface area contributed by atoms with Gasteiger partial charge in [-0.15, -0.1) is 0 Å². The van der Waals surface area contributed by atoms with Crippen LogP contribution in [0.25, 0.3) is 0 Å². The molecule has 1 aliphatic rings. The maximum Gasteiger partial charge on any atom is 0.251 e. The number of hydrogen-bond donors (Lipinski definition) is 2. The van der Waals surface area contributed by atoms with Gasteiger partial charge in [0.1, 0.15) is 0 Å². The lowest BCUT2D eigenvalue weighted by molar-refractivity contribution is 0.0949. The summed E-state index contributed by atoms with van der Waals surface area (Å²) in [6.45, 7) is 10.1. The number of hydrogen-bond acceptors (Lipinski definition) is 3. The molecule has 0 aliphatic carbocycles. The molecule has 0 atom stereocenters. The van der Waals surface area contributed by atoms with E-state index >= 15 is 0 Å². The van der Waals surface area contributed by atoms with Crippen molar-refractivity contribution in [2.45, 2.75) is 6.42 Å². The number of nitrogens with zero attached hydrogens (tertiary/aromatic N) is 1. The quantitative estimate of drug-likeness (QED) is 0.863. The van der Waals surface area contributed by atoms with Crippen LogP contribution in [0.1, 0.15) is 16.8 Å². The molecule has 0 bridgehead atoms. The molecule has 0 radical (unpaired) electrons. The third-order valence-corrected chi connectivity index (χ3v) is 3.09. The van der Waals surface area contributed by atoms with E-state index in [0.29, 0.717) is 12.1 Å². The molecular formula is C15H19N3O. The standard InChI is InChI=1S/C15H19N3O/c1-12-8-10-18(13(2)17-12)11-9-16-15(19)14-6-4-3-5-7-14/h3-7,17H,1-2,8-11H2,(H,16,19). The summed E-state index contributed by atoms with van der Waals surface area (Å²) in [6, 6.07) is 9.22. The zero-order valence-corrected chi connectivity index (χ0v) is 11.0. The van der Waals surface area contributed by atoms with E-state index in [1.165, 1.54) is 0 Å². The number of nitrogens with one attached hydrogen (secondary N) is 2. The van der Waals surface area contributed by atoms with Crippen LogP contribution in [0.2, 0.25) is 0 Å².